The summed E-state index contributed by atoms with van der Waals surface area (Å²) in [6, 6.07) is 6.40. The Morgan fingerprint density at radius 3 is 2.64 bits per heavy atom. The summed E-state index contributed by atoms with van der Waals surface area (Å²) in [6.45, 7) is 0. The molecule has 6 heteroatoms. The molecule has 1 rings (SSSR count). The van der Waals surface area contributed by atoms with Gasteiger partial charge in [-0.3, -0.25) is 5.32 Å². The lowest BCUT2D eigenvalue weighted by Crippen LogP contribution is -2.10. The molecule has 0 aliphatic carbocycles. The zero-order valence-electron chi connectivity index (χ0n) is 7.47. The smallest absolute Gasteiger partial charge is 0.411 e. The largest absolute Gasteiger partial charge is 0.453 e. The average molecular weight is 192 g/mol. The molecule has 1 aromatic rings. The predicted octanol–water partition coefficient (Wildman–Crippen LogP) is 2.81. The molecule has 6 nitrogen and oxygen atoms in total. The molecule has 0 saturated heterocycles. The summed E-state index contributed by atoms with van der Waals surface area (Å²) in [5.41, 5.74) is 9.21. The molecule has 1 N–H and O–H groups in total. The summed E-state index contributed by atoms with van der Waals surface area (Å²) in [4.78, 5) is 13.4. The maximum atomic E-state index is 10.8. The third-order valence-corrected chi connectivity index (χ3v) is 1.46. The van der Waals surface area contributed by atoms with Gasteiger partial charge in [-0.25, -0.2) is 4.79 Å². The van der Waals surface area contributed by atoms with E-state index in [0.717, 1.165) is 0 Å². The fraction of sp³-hybridized carbons (Fsp3) is 0.125. The molecule has 0 atom stereocenters. The topological polar surface area (TPSA) is 87.1 Å². The van der Waals surface area contributed by atoms with Gasteiger partial charge in [0.15, 0.2) is 0 Å². The van der Waals surface area contributed by atoms with E-state index < -0.39 is 6.09 Å². The minimum absolute atomic E-state index is 0.489. The zero-order chi connectivity index (χ0) is 10.4. The van der Waals surface area contributed by atoms with E-state index in [9.17, 15) is 4.79 Å². The Morgan fingerprint density at radius 2 is 2.14 bits per heavy atom. The third kappa shape index (κ3) is 2.69. The average Bonchev–Trinajstić information content (AvgIpc) is 2.21. The van der Waals surface area contributed by atoms with E-state index in [-0.39, 0.29) is 0 Å². The second-order valence-electron chi connectivity index (χ2n) is 2.35. The zero-order valence-corrected chi connectivity index (χ0v) is 7.47. The molecule has 0 aliphatic rings. The van der Waals surface area contributed by atoms with Crippen molar-refractivity contribution in [1.29, 1.82) is 0 Å². The summed E-state index contributed by atoms with van der Waals surface area (Å²) in [5.74, 6) is 0. The molecular weight excluding hydrogens is 184 g/mol. The van der Waals surface area contributed by atoms with E-state index in [2.05, 4.69) is 20.1 Å². The summed E-state index contributed by atoms with van der Waals surface area (Å²) in [7, 11) is 1.28. The molecule has 72 valence electrons. The van der Waals surface area contributed by atoms with Crippen LogP contribution < -0.4 is 5.32 Å². The van der Waals surface area contributed by atoms with Crippen LogP contribution in [0.4, 0.5) is 16.2 Å². The van der Waals surface area contributed by atoms with Gasteiger partial charge in [-0.15, -0.1) is 0 Å². The van der Waals surface area contributed by atoms with E-state index in [0.29, 0.717) is 11.4 Å². The first-order valence-electron chi connectivity index (χ1n) is 3.76. The first-order chi connectivity index (χ1) is 6.76. The van der Waals surface area contributed by atoms with Crippen molar-refractivity contribution >= 4 is 17.5 Å². The number of carbonyl (C=O) groups is 1. The first-order valence-corrected chi connectivity index (χ1v) is 3.76. The number of ether oxygens (including phenoxy) is 1. The van der Waals surface area contributed by atoms with Crippen LogP contribution in [0.25, 0.3) is 10.4 Å². The lowest BCUT2D eigenvalue weighted by molar-refractivity contribution is 0.187. The fourth-order valence-corrected chi connectivity index (χ4v) is 0.832. The SMILES string of the molecule is COC(=O)Nc1ccc(N=[N+]=[N-])cc1. The van der Waals surface area contributed by atoms with Crippen molar-refractivity contribution in [3.05, 3.63) is 34.7 Å². The van der Waals surface area contributed by atoms with Crippen molar-refractivity contribution in [2.45, 2.75) is 0 Å². The second-order valence-corrected chi connectivity index (χ2v) is 2.35. The van der Waals surface area contributed by atoms with Crippen molar-refractivity contribution < 1.29 is 9.53 Å². The minimum Gasteiger partial charge on any atom is -0.453 e. The van der Waals surface area contributed by atoms with Crippen LogP contribution >= 0.6 is 0 Å². The first kappa shape index (κ1) is 9.88. The van der Waals surface area contributed by atoms with Gasteiger partial charge in [0, 0.05) is 16.3 Å². The van der Waals surface area contributed by atoms with E-state index >= 15 is 0 Å². The summed E-state index contributed by atoms with van der Waals surface area (Å²) < 4.78 is 4.40. The highest BCUT2D eigenvalue weighted by molar-refractivity contribution is 5.84. The van der Waals surface area contributed by atoms with Gasteiger partial charge in [0.1, 0.15) is 0 Å². The van der Waals surface area contributed by atoms with Gasteiger partial charge in [-0.2, -0.15) is 0 Å². The number of nitrogens with zero attached hydrogens (tertiary/aromatic N) is 3. The van der Waals surface area contributed by atoms with Crippen LogP contribution in [0.15, 0.2) is 29.4 Å². The number of amides is 1. The van der Waals surface area contributed by atoms with Crippen molar-refractivity contribution in [3.8, 4) is 0 Å². The Labute approximate surface area is 80.1 Å². The fourth-order valence-electron chi connectivity index (χ4n) is 0.832. The Morgan fingerprint density at radius 1 is 1.50 bits per heavy atom. The molecule has 0 bridgehead atoms. The number of nitrogens with one attached hydrogen (secondary N) is 1. The summed E-state index contributed by atoms with van der Waals surface area (Å²) in [6.07, 6.45) is -0.540. The molecule has 0 radical (unpaired) electrons. The lowest BCUT2D eigenvalue weighted by Gasteiger charge is -2.02. The van der Waals surface area contributed by atoms with Crippen LogP contribution in [0.1, 0.15) is 0 Å². The third-order valence-electron chi connectivity index (χ3n) is 1.46. The van der Waals surface area contributed by atoms with Gasteiger partial charge < -0.3 is 4.74 Å². The minimum atomic E-state index is -0.540. The molecule has 0 aromatic heterocycles. The second kappa shape index (κ2) is 4.74. The highest BCUT2D eigenvalue weighted by Gasteiger charge is 1.98. The number of methoxy groups -OCH3 is 1. The summed E-state index contributed by atoms with van der Waals surface area (Å²) in [5, 5.41) is 5.85. The normalized spacial score (nSPS) is 8.64. The number of azide groups is 1. The van der Waals surface area contributed by atoms with E-state index in [1.807, 2.05) is 0 Å². The molecule has 1 amide bonds. The van der Waals surface area contributed by atoms with Crippen LogP contribution in [-0.4, -0.2) is 13.2 Å². The number of carbonyl (C=O) groups excluding carboxylic acids is 1. The number of hydrogen-bond acceptors (Lipinski definition) is 3. The molecule has 0 saturated carbocycles. The monoisotopic (exact) mass is 192 g/mol. The Balaban J connectivity index is 2.73. The van der Waals surface area contributed by atoms with Crippen LogP contribution in [-0.2, 0) is 4.74 Å². The highest BCUT2D eigenvalue weighted by Crippen LogP contribution is 2.16. The quantitative estimate of drug-likeness (QED) is 0.443. The van der Waals surface area contributed by atoms with E-state index in [1.54, 1.807) is 24.3 Å². The van der Waals surface area contributed by atoms with Crippen molar-refractivity contribution in [2.24, 2.45) is 5.11 Å². The molecule has 1 aromatic carbocycles. The van der Waals surface area contributed by atoms with Gasteiger partial charge in [0.25, 0.3) is 0 Å². The van der Waals surface area contributed by atoms with Crippen molar-refractivity contribution in [3.63, 3.8) is 0 Å². The molecule has 0 heterocycles. The molecular formula is C8H8N4O2. The lowest BCUT2D eigenvalue weighted by atomic mass is 10.3. The Bertz CT molecular complexity index is 367. The molecule has 0 unspecified atom stereocenters. The van der Waals surface area contributed by atoms with Gasteiger partial charge in [0.2, 0.25) is 0 Å². The molecule has 0 fully saturated rings. The number of benzene rings is 1. The van der Waals surface area contributed by atoms with Crippen molar-refractivity contribution in [2.75, 3.05) is 12.4 Å². The van der Waals surface area contributed by atoms with Crippen LogP contribution in [0.2, 0.25) is 0 Å². The summed E-state index contributed by atoms with van der Waals surface area (Å²) >= 11 is 0. The molecule has 0 aliphatic heterocycles. The Hall–Kier alpha value is -2.20. The van der Waals surface area contributed by atoms with Gasteiger partial charge in [-0.05, 0) is 17.7 Å². The van der Waals surface area contributed by atoms with Gasteiger partial charge in [-0.1, -0.05) is 17.2 Å². The number of hydrogen-bond donors (Lipinski definition) is 1. The van der Waals surface area contributed by atoms with Gasteiger partial charge in [0.05, 0.1) is 7.11 Å². The van der Waals surface area contributed by atoms with Crippen LogP contribution in [0.3, 0.4) is 0 Å². The Kier molecular flexibility index (Phi) is 3.34. The van der Waals surface area contributed by atoms with Crippen LogP contribution in [0, 0.1) is 0 Å². The molecule has 0 spiro atoms. The van der Waals surface area contributed by atoms with Crippen molar-refractivity contribution in [1.82, 2.24) is 0 Å². The van der Waals surface area contributed by atoms with Crippen LogP contribution in [0.5, 0.6) is 0 Å². The standard InChI is InChI=1S/C8H8N4O2/c1-14-8(13)10-6-2-4-7(5-3-6)11-12-9/h2-5H,1H3,(H,10,13). The molecule has 14 heavy (non-hydrogen) atoms. The number of rotatable bonds is 2. The van der Waals surface area contributed by atoms with E-state index in [1.165, 1.54) is 7.11 Å². The maximum absolute atomic E-state index is 10.8. The van der Waals surface area contributed by atoms with E-state index in [4.69, 9.17) is 5.53 Å². The predicted molar refractivity (Wildman–Crippen MR) is 51.3 cm³/mol. The van der Waals surface area contributed by atoms with Gasteiger partial charge >= 0.3 is 6.09 Å². The highest BCUT2D eigenvalue weighted by atomic mass is 16.5. The number of anilines is 1. The maximum Gasteiger partial charge on any atom is 0.411 e.